The highest BCUT2D eigenvalue weighted by atomic mass is 35.5. The number of halogens is 2. The van der Waals surface area contributed by atoms with Gasteiger partial charge in [0.1, 0.15) is 18.2 Å². The second-order valence-corrected chi connectivity index (χ2v) is 5.30. The van der Waals surface area contributed by atoms with Gasteiger partial charge in [0.15, 0.2) is 0 Å². The zero-order valence-electron chi connectivity index (χ0n) is 10.5. The van der Waals surface area contributed by atoms with Crippen molar-refractivity contribution in [1.29, 1.82) is 0 Å². The SMILES string of the molecule is OCCC#Cc1ccsc1COc1ccc(F)cc1Cl. The average molecular weight is 311 g/mol. The number of benzene rings is 1. The first-order valence-electron chi connectivity index (χ1n) is 5.94. The van der Waals surface area contributed by atoms with Gasteiger partial charge in [-0.3, -0.25) is 0 Å². The van der Waals surface area contributed by atoms with Crippen LogP contribution in [0.1, 0.15) is 16.9 Å². The van der Waals surface area contributed by atoms with Crippen LogP contribution in [0.4, 0.5) is 4.39 Å². The summed E-state index contributed by atoms with van der Waals surface area (Å²) in [7, 11) is 0. The lowest BCUT2D eigenvalue weighted by molar-refractivity contribution is 0.305. The number of aliphatic hydroxyl groups is 1. The summed E-state index contributed by atoms with van der Waals surface area (Å²) in [6.07, 6.45) is 0.444. The van der Waals surface area contributed by atoms with Crippen molar-refractivity contribution in [3.05, 3.63) is 50.9 Å². The Morgan fingerprint density at radius 3 is 2.95 bits per heavy atom. The molecule has 1 aromatic carbocycles. The van der Waals surface area contributed by atoms with Crippen molar-refractivity contribution >= 4 is 22.9 Å². The number of rotatable bonds is 4. The second kappa shape index (κ2) is 7.30. The van der Waals surface area contributed by atoms with E-state index in [1.165, 1.54) is 29.5 Å². The van der Waals surface area contributed by atoms with Gasteiger partial charge in [0.05, 0.1) is 16.5 Å². The maximum Gasteiger partial charge on any atom is 0.138 e. The molecule has 20 heavy (non-hydrogen) atoms. The lowest BCUT2D eigenvalue weighted by Gasteiger charge is -2.07. The van der Waals surface area contributed by atoms with Crippen LogP contribution in [-0.2, 0) is 6.61 Å². The maximum atomic E-state index is 12.9. The Hall–Kier alpha value is -1.54. The van der Waals surface area contributed by atoms with E-state index in [0.29, 0.717) is 18.8 Å². The minimum absolute atomic E-state index is 0.0498. The van der Waals surface area contributed by atoms with Crippen LogP contribution >= 0.6 is 22.9 Å². The van der Waals surface area contributed by atoms with Gasteiger partial charge in [-0.2, -0.15) is 0 Å². The molecule has 0 spiro atoms. The fraction of sp³-hybridized carbons (Fsp3) is 0.200. The predicted octanol–water partition coefficient (Wildman–Crippen LogP) is 3.85. The largest absolute Gasteiger partial charge is 0.486 e. The Bertz CT molecular complexity index is 643. The van der Waals surface area contributed by atoms with Gasteiger partial charge in [-0.25, -0.2) is 4.39 Å². The third-order valence-corrected chi connectivity index (χ3v) is 3.65. The molecule has 0 atom stereocenters. The lowest BCUT2D eigenvalue weighted by Crippen LogP contribution is -1.96. The van der Waals surface area contributed by atoms with Crippen molar-refractivity contribution in [2.24, 2.45) is 0 Å². The molecule has 1 aromatic heterocycles. The molecule has 0 saturated heterocycles. The quantitative estimate of drug-likeness (QED) is 0.869. The number of thiophene rings is 1. The van der Waals surface area contributed by atoms with Crippen molar-refractivity contribution < 1.29 is 14.2 Å². The Kier molecular flexibility index (Phi) is 5.42. The van der Waals surface area contributed by atoms with Gasteiger partial charge in [0.2, 0.25) is 0 Å². The Morgan fingerprint density at radius 2 is 2.20 bits per heavy atom. The molecule has 0 saturated carbocycles. The van der Waals surface area contributed by atoms with E-state index in [9.17, 15) is 4.39 Å². The molecule has 104 valence electrons. The highest BCUT2D eigenvalue weighted by Crippen LogP contribution is 2.27. The van der Waals surface area contributed by atoms with E-state index in [0.717, 1.165) is 10.4 Å². The van der Waals surface area contributed by atoms with Gasteiger partial charge >= 0.3 is 0 Å². The average Bonchev–Trinajstić information content (AvgIpc) is 2.86. The van der Waals surface area contributed by atoms with Crippen molar-refractivity contribution in [2.45, 2.75) is 13.0 Å². The van der Waals surface area contributed by atoms with Gasteiger partial charge in [0.25, 0.3) is 0 Å². The molecule has 0 unspecified atom stereocenters. The summed E-state index contributed by atoms with van der Waals surface area (Å²) in [6, 6.07) is 5.92. The molecule has 2 nitrogen and oxygen atoms in total. The van der Waals surface area contributed by atoms with Crippen molar-refractivity contribution in [1.82, 2.24) is 0 Å². The predicted molar refractivity (Wildman–Crippen MR) is 78.6 cm³/mol. The molecule has 0 aliphatic carbocycles. The fourth-order valence-corrected chi connectivity index (χ4v) is 2.48. The van der Waals surface area contributed by atoms with E-state index in [1.807, 2.05) is 11.4 Å². The van der Waals surface area contributed by atoms with Crippen LogP contribution in [0.15, 0.2) is 29.6 Å². The monoisotopic (exact) mass is 310 g/mol. The van der Waals surface area contributed by atoms with Crippen LogP contribution < -0.4 is 4.74 Å². The van der Waals surface area contributed by atoms with Gasteiger partial charge in [-0.15, -0.1) is 11.3 Å². The summed E-state index contributed by atoms with van der Waals surface area (Å²) >= 11 is 7.42. The standard InChI is InChI=1S/C15H12ClFO2S/c16-13-9-12(17)4-5-14(13)19-10-15-11(6-8-20-15)3-1-2-7-18/h4-6,8-9,18H,2,7,10H2. The van der Waals surface area contributed by atoms with Crippen molar-refractivity contribution in [2.75, 3.05) is 6.61 Å². The lowest BCUT2D eigenvalue weighted by atomic mass is 10.2. The van der Waals surface area contributed by atoms with E-state index in [4.69, 9.17) is 21.4 Å². The highest BCUT2D eigenvalue weighted by Gasteiger charge is 2.06. The Balaban J connectivity index is 2.04. The molecule has 2 aromatic rings. The van der Waals surface area contributed by atoms with E-state index in [2.05, 4.69) is 11.8 Å². The summed E-state index contributed by atoms with van der Waals surface area (Å²) < 4.78 is 18.5. The molecule has 1 N–H and O–H groups in total. The third kappa shape index (κ3) is 3.97. The molecule has 0 bridgehead atoms. The summed E-state index contributed by atoms with van der Waals surface area (Å²) in [5, 5.41) is 10.9. The highest BCUT2D eigenvalue weighted by molar-refractivity contribution is 7.10. The molecule has 0 fully saturated rings. The Morgan fingerprint density at radius 1 is 1.35 bits per heavy atom. The van der Waals surface area contributed by atoms with Crippen LogP contribution in [0.3, 0.4) is 0 Å². The second-order valence-electron chi connectivity index (χ2n) is 3.90. The fourth-order valence-electron chi connectivity index (χ4n) is 1.51. The van der Waals surface area contributed by atoms with E-state index in [1.54, 1.807) is 0 Å². The summed E-state index contributed by atoms with van der Waals surface area (Å²) in [5.74, 6) is 5.90. The first-order chi connectivity index (χ1) is 9.70. The molecular weight excluding hydrogens is 299 g/mol. The van der Waals surface area contributed by atoms with Crippen molar-refractivity contribution in [3.8, 4) is 17.6 Å². The summed E-state index contributed by atoms with van der Waals surface area (Å²) in [4.78, 5) is 0.968. The van der Waals surface area contributed by atoms with Gasteiger partial charge in [0, 0.05) is 12.0 Å². The molecular formula is C15H12ClFO2S. The van der Waals surface area contributed by atoms with Crippen LogP contribution in [0.2, 0.25) is 5.02 Å². The minimum Gasteiger partial charge on any atom is -0.486 e. The van der Waals surface area contributed by atoms with Crippen molar-refractivity contribution in [3.63, 3.8) is 0 Å². The van der Waals surface area contributed by atoms with Crippen LogP contribution in [0.25, 0.3) is 0 Å². The number of ether oxygens (including phenoxy) is 1. The molecule has 0 aliphatic rings. The van der Waals surface area contributed by atoms with Gasteiger partial charge < -0.3 is 9.84 Å². The first kappa shape index (κ1) is 14.9. The minimum atomic E-state index is -0.394. The first-order valence-corrected chi connectivity index (χ1v) is 7.20. The maximum absolute atomic E-state index is 12.9. The topological polar surface area (TPSA) is 29.5 Å². The van der Waals surface area contributed by atoms with E-state index < -0.39 is 5.82 Å². The third-order valence-electron chi connectivity index (χ3n) is 2.46. The molecule has 5 heteroatoms. The van der Waals surface area contributed by atoms with Crippen LogP contribution in [-0.4, -0.2) is 11.7 Å². The van der Waals surface area contributed by atoms with Crippen LogP contribution in [0, 0.1) is 17.7 Å². The molecule has 0 aliphatic heterocycles. The molecule has 2 rings (SSSR count). The summed E-state index contributed by atoms with van der Waals surface area (Å²) in [6.45, 7) is 0.375. The zero-order chi connectivity index (χ0) is 14.4. The van der Waals surface area contributed by atoms with Crippen LogP contribution in [0.5, 0.6) is 5.75 Å². The smallest absolute Gasteiger partial charge is 0.138 e. The van der Waals surface area contributed by atoms with E-state index >= 15 is 0 Å². The number of hydrogen-bond acceptors (Lipinski definition) is 3. The Labute approximate surface area is 125 Å². The molecule has 1 heterocycles. The number of hydrogen-bond donors (Lipinski definition) is 1. The van der Waals surface area contributed by atoms with Gasteiger partial charge in [-0.05, 0) is 29.6 Å². The molecule has 0 radical (unpaired) electrons. The molecule has 0 amide bonds. The summed E-state index contributed by atoms with van der Waals surface area (Å²) in [5.41, 5.74) is 0.877. The normalized spacial score (nSPS) is 9.95. The zero-order valence-corrected chi connectivity index (χ0v) is 12.1. The van der Waals surface area contributed by atoms with E-state index in [-0.39, 0.29) is 11.6 Å². The van der Waals surface area contributed by atoms with Gasteiger partial charge in [-0.1, -0.05) is 23.4 Å². The number of aliphatic hydroxyl groups excluding tert-OH is 1.